The minimum Gasteiger partial charge on any atom is -0.345 e. The summed E-state index contributed by atoms with van der Waals surface area (Å²) in [5, 5.41) is 5.86. The SMILES string of the molecule is Cc1cc(C)c(NC(=O)C(=O)NC2CCCCC2)c(Cl)c1. The second-order valence-corrected chi connectivity index (χ2v) is 6.11. The van der Waals surface area contributed by atoms with Crippen LogP contribution in [0.5, 0.6) is 0 Å². The molecule has 4 nitrogen and oxygen atoms in total. The number of hydrogen-bond acceptors (Lipinski definition) is 2. The summed E-state index contributed by atoms with van der Waals surface area (Å²) in [5.74, 6) is -1.24. The second-order valence-electron chi connectivity index (χ2n) is 5.70. The fraction of sp³-hybridized carbons (Fsp3) is 0.500. The molecular formula is C16H21ClN2O2. The average molecular weight is 309 g/mol. The molecule has 0 aromatic heterocycles. The maximum absolute atomic E-state index is 12.0. The first-order chi connectivity index (χ1) is 9.97. The van der Waals surface area contributed by atoms with E-state index in [9.17, 15) is 9.59 Å². The van der Waals surface area contributed by atoms with E-state index in [2.05, 4.69) is 10.6 Å². The van der Waals surface area contributed by atoms with Gasteiger partial charge >= 0.3 is 11.8 Å². The van der Waals surface area contributed by atoms with Gasteiger partial charge in [-0.2, -0.15) is 0 Å². The number of hydrogen-bond donors (Lipinski definition) is 2. The molecule has 2 N–H and O–H groups in total. The van der Waals surface area contributed by atoms with Crippen LogP contribution in [0.25, 0.3) is 0 Å². The molecule has 114 valence electrons. The van der Waals surface area contributed by atoms with Crippen molar-refractivity contribution in [1.82, 2.24) is 5.32 Å². The molecule has 0 atom stereocenters. The van der Waals surface area contributed by atoms with Crippen LogP contribution in [0.4, 0.5) is 5.69 Å². The van der Waals surface area contributed by atoms with Crippen LogP contribution in [0.2, 0.25) is 5.02 Å². The van der Waals surface area contributed by atoms with E-state index < -0.39 is 11.8 Å². The van der Waals surface area contributed by atoms with Crippen molar-refractivity contribution < 1.29 is 9.59 Å². The number of rotatable bonds is 2. The fourth-order valence-electron chi connectivity index (χ4n) is 2.74. The van der Waals surface area contributed by atoms with Crippen LogP contribution in [-0.4, -0.2) is 17.9 Å². The van der Waals surface area contributed by atoms with Gasteiger partial charge in [0.05, 0.1) is 10.7 Å². The molecule has 1 aliphatic carbocycles. The van der Waals surface area contributed by atoms with Crippen molar-refractivity contribution in [2.24, 2.45) is 0 Å². The molecule has 0 saturated heterocycles. The Hall–Kier alpha value is -1.55. The predicted molar refractivity (Wildman–Crippen MR) is 84.6 cm³/mol. The van der Waals surface area contributed by atoms with E-state index in [-0.39, 0.29) is 6.04 Å². The summed E-state index contributed by atoms with van der Waals surface area (Å²) in [4.78, 5) is 23.9. The molecule has 1 aromatic rings. The van der Waals surface area contributed by atoms with Crippen molar-refractivity contribution in [2.45, 2.75) is 52.0 Å². The highest BCUT2D eigenvalue weighted by Gasteiger charge is 2.21. The third-order valence-electron chi connectivity index (χ3n) is 3.82. The van der Waals surface area contributed by atoms with Crippen LogP contribution in [0.15, 0.2) is 12.1 Å². The Morgan fingerprint density at radius 1 is 1.10 bits per heavy atom. The summed E-state index contributed by atoms with van der Waals surface area (Å²) in [5.41, 5.74) is 2.37. The lowest BCUT2D eigenvalue weighted by atomic mass is 9.95. The number of aryl methyl sites for hydroxylation is 2. The molecule has 1 aromatic carbocycles. The standard InChI is InChI=1S/C16H21ClN2O2/c1-10-8-11(2)14(13(17)9-10)19-16(21)15(20)18-12-6-4-3-5-7-12/h8-9,12H,3-7H2,1-2H3,(H,18,20)(H,19,21). The molecular weight excluding hydrogens is 288 g/mol. The molecule has 1 aliphatic rings. The first-order valence-corrected chi connectivity index (χ1v) is 7.74. The van der Waals surface area contributed by atoms with Crippen molar-refractivity contribution in [3.8, 4) is 0 Å². The van der Waals surface area contributed by atoms with Gasteiger partial charge in [-0.3, -0.25) is 9.59 Å². The highest BCUT2D eigenvalue weighted by atomic mass is 35.5. The Kier molecular flexibility index (Phi) is 5.23. The summed E-state index contributed by atoms with van der Waals surface area (Å²) in [7, 11) is 0. The molecule has 0 heterocycles. The van der Waals surface area contributed by atoms with Gasteiger partial charge in [0.2, 0.25) is 0 Å². The highest BCUT2D eigenvalue weighted by Crippen LogP contribution is 2.27. The summed E-state index contributed by atoms with van der Waals surface area (Å²) in [6.07, 6.45) is 5.31. The van der Waals surface area contributed by atoms with Gasteiger partial charge in [0, 0.05) is 6.04 Å². The van der Waals surface area contributed by atoms with Crippen molar-refractivity contribution in [2.75, 3.05) is 5.32 Å². The van der Waals surface area contributed by atoms with Gasteiger partial charge in [0.25, 0.3) is 0 Å². The quantitative estimate of drug-likeness (QED) is 0.823. The summed E-state index contributed by atoms with van der Waals surface area (Å²) in [6.45, 7) is 3.79. The molecule has 0 bridgehead atoms. The van der Waals surface area contributed by atoms with Gasteiger partial charge in [-0.25, -0.2) is 0 Å². The molecule has 0 spiro atoms. The zero-order valence-electron chi connectivity index (χ0n) is 12.5. The van der Waals surface area contributed by atoms with Gasteiger partial charge in [-0.05, 0) is 43.9 Å². The van der Waals surface area contributed by atoms with E-state index in [1.807, 2.05) is 19.9 Å². The van der Waals surface area contributed by atoms with Crippen molar-refractivity contribution >= 4 is 29.1 Å². The zero-order chi connectivity index (χ0) is 15.4. The minimum atomic E-state index is -0.658. The van der Waals surface area contributed by atoms with Crippen LogP contribution in [0.3, 0.4) is 0 Å². The molecule has 1 fully saturated rings. The summed E-state index contributed by atoms with van der Waals surface area (Å²) in [6, 6.07) is 3.80. The minimum absolute atomic E-state index is 0.117. The van der Waals surface area contributed by atoms with Gasteiger partial charge in [-0.15, -0.1) is 0 Å². The van der Waals surface area contributed by atoms with Crippen LogP contribution >= 0.6 is 11.6 Å². The maximum atomic E-state index is 12.0. The molecule has 0 radical (unpaired) electrons. The lowest BCUT2D eigenvalue weighted by molar-refractivity contribution is -0.136. The molecule has 21 heavy (non-hydrogen) atoms. The Bertz CT molecular complexity index is 528. The molecule has 2 rings (SSSR count). The smallest absolute Gasteiger partial charge is 0.313 e. The zero-order valence-corrected chi connectivity index (χ0v) is 13.2. The summed E-state index contributed by atoms with van der Waals surface area (Å²) >= 11 is 6.13. The number of nitrogens with one attached hydrogen (secondary N) is 2. The van der Waals surface area contributed by atoms with E-state index in [1.54, 1.807) is 6.07 Å². The second kappa shape index (κ2) is 6.94. The number of anilines is 1. The molecule has 2 amide bonds. The largest absolute Gasteiger partial charge is 0.345 e. The maximum Gasteiger partial charge on any atom is 0.313 e. The third-order valence-corrected chi connectivity index (χ3v) is 4.11. The van der Waals surface area contributed by atoms with Crippen molar-refractivity contribution in [3.63, 3.8) is 0 Å². The van der Waals surface area contributed by atoms with Gasteiger partial charge < -0.3 is 10.6 Å². The van der Waals surface area contributed by atoms with E-state index in [0.717, 1.165) is 36.8 Å². The van der Waals surface area contributed by atoms with Crippen molar-refractivity contribution in [1.29, 1.82) is 0 Å². The van der Waals surface area contributed by atoms with Crippen LogP contribution in [0.1, 0.15) is 43.2 Å². The lowest BCUT2D eigenvalue weighted by Crippen LogP contribution is -2.42. The Morgan fingerprint density at radius 2 is 1.76 bits per heavy atom. The summed E-state index contributed by atoms with van der Waals surface area (Å²) < 4.78 is 0. The average Bonchev–Trinajstić information content (AvgIpc) is 2.43. The normalized spacial score (nSPS) is 15.6. The van der Waals surface area contributed by atoms with Crippen LogP contribution in [-0.2, 0) is 9.59 Å². The van der Waals surface area contributed by atoms with Crippen molar-refractivity contribution in [3.05, 3.63) is 28.3 Å². The number of amides is 2. The van der Waals surface area contributed by atoms with E-state index in [0.29, 0.717) is 10.7 Å². The van der Waals surface area contributed by atoms with E-state index in [4.69, 9.17) is 11.6 Å². The topological polar surface area (TPSA) is 58.2 Å². The molecule has 0 unspecified atom stereocenters. The van der Waals surface area contributed by atoms with E-state index in [1.165, 1.54) is 6.42 Å². The fourth-order valence-corrected chi connectivity index (χ4v) is 3.11. The van der Waals surface area contributed by atoms with E-state index >= 15 is 0 Å². The Labute approximate surface area is 130 Å². The predicted octanol–water partition coefficient (Wildman–Crippen LogP) is 3.34. The van der Waals surface area contributed by atoms with Gasteiger partial charge in [0.1, 0.15) is 0 Å². The monoisotopic (exact) mass is 308 g/mol. The molecule has 1 saturated carbocycles. The number of carbonyl (C=O) groups is 2. The first kappa shape index (κ1) is 15.8. The number of halogens is 1. The first-order valence-electron chi connectivity index (χ1n) is 7.36. The third kappa shape index (κ3) is 4.21. The Balaban J connectivity index is 1.99. The van der Waals surface area contributed by atoms with Gasteiger partial charge in [0.15, 0.2) is 0 Å². The van der Waals surface area contributed by atoms with Gasteiger partial charge in [-0.1, -0.05) is 36.9 Å². The number of benzene rings is 1. The number of carbonyl (C=O) groups excluding carboxylic acids is 2. The van der Waals surface area contributed by atoms with Crippen LogP contribution in [0, 0.1) is 13.8 Å². The molecule has 0 aliphatic heterocycles. The Morgan fingerprint density at radius 3 is 2.38 bits per heavy atom. The molecule has 5 heteroatoms. The highest BCUT2D eigenvalue weighted by molar-refractivity contribution is 6.41. The lowest BCUT2D eigenvalue weighted by Gasteiger charge is -2.22. The van der Waals surface area contributed by atoms with Crippen LogP contribution < -0.4 is 10.6 Å².